The van der Waals surface area contributed by atoms with E-state index >= 15 is 0 Å². The molecule has 1 aliphatic rings. The first kappa shape index (κ1) is 22.1. The van der Waals surface area contributed by atoms with Gasteiger partial charge < -0.3 is 15.0 Å². The molecule has 0 spiro atoms. The monoisotopic (exact) mass is 429 g/mol. The number of carbonyl (C=O) groups is 2. The lowest BCUT2D eigenvalue weighted by atomic mass is 10.1. The molecular weight excluding hydrogens is 402 g/mol. The normalized spacial score (nSPS) is 14.3. The zero-order valence-corrected chi connectivity index (χ0v) is 18.4. The molecule has 2 aromatic carbocycles. The predicted octanol–water partition coefficient (Wildman–Crippen LogP) is 3.97. The summed E-state index contributed by atoms with van der Waals surface area (Å²) in [4.78, 5) is 28.9. The SMILES string of the molecule is COc1cccc(NC(=O)CN(C)C(=O)CN(C2CC2)C(C)c2ccccc2Cl)c1. The molecule has 1 aliphatic carbocycles. The van der Waals surface area contributed by atoms with Gasteiger partial charge in [0.25, 0.3) is 0 Å². The lowest BCUT2D eigenvalue weighted by molar-refractivity contribution is -0.134. The van der Waals surface area contributed by atoms with E-state index in [4.69, 9.17) is 16.3 Å². The number of rotatable bonds is 9. The molecule has 0 aliphatic heterocycles. The number of ether oxygens (including phenoxy) is 1. The Kier molecular flexibility index (Phi) is 7.34. The molecule has 0 bridgehead atoms. The second-order valence-corrected chi connectivity index (χ2v) is 8.04. The highest BCUT2D eigenvalue weighted by Gasteiger charge is 2.35. The molecule has 0 heterocycles. The Morgan fingerprint density at radius 3 is 2.57 bits per heavy atom. The number of nitrogens with zero attached hydrogens (tertiary/aromatic N) is 2. The van der Waals surface area contributed by atoms with Crippen molar-refractivity contribution >= 4 is 29.1 Å². The van der Waals surface area contributed by atoms with E-state index in [0.29, 0.717) is 22.5 Å². The fourth-order valence-corrected chi connectivity index (χ4v) is 3.76. The Labute approximate surface area is 182 Å². The van der Waals surface area contributed by atoms with E-state index in [1.807, 2.05) is 24.3 Å². The topological polar surface area (TPSA) is 61.9 Å². The average Bonchev–Trinajstić information content (AvgIpc) is 3.56. The van der Waals surface area contributed by atoms with Gasteiger partial charge in [0.1, 0.15) is 5.75 Å². The van der Waals surface area contributed by atoms with E-state index in [-0.39, 0.29) is 30.9 Å². The Morgan fingerprint density at radius 2 is 1.90 bits per heavy atom. The van der Waals surface area contributed by atoms with Crippen molar-refractivity contribution in [1.82, 2.24) is 9.80 Å². The average molecular weight is 430 g/mol. The maximum atomic E-state index is 12.8. The number of benzene rings is 2. The molecule has 1 N–H and O–H groups in total. The van der Waals surface area contributed by atoms with Crippen LogP contribution in [0.5, 0.6) is 5.75 Å². The molecule has 2 aromatic rings. The lowest BCUT2D eigenvalue weighted by Gasteiger charge is -2.31. The van der Waals surface area contributed by atoms with E-state index in [1.165, 1.54) is 4.90 Å². The quantitative estimate of drug-likeness (QED) is 0.655. The summed E-state index contributed by atoms with van der Waals surface area (Å²) >= 11 is 6.37. The van der Waals surface area contributed by atoms with Crippen LogP contribution < -0.4 is 10.1 Å². The molecule has 6 nitrogen and oxygen atoms in total. The van der Waals surface area contributed by atoms with Gasteiger partial charge in [0.05, 0.1) is 20.2 Å². The van der Waals surface area contributed by atoms with Gasteiger partial charge in [-0.2, -0.15) is 0 Å². The Bertz CT molecular complexity index is 901. The largest absolute Gasteiger partial charge is 0.497 e. The predicted molar refractivity (Wildman–Crippen MR) is 119 cm³/mol. The molecule has 1 saturated carbocycles. The maximum Gasteiger partial charge on any atom is 0.243 e. The van der Waals surface area contributed by atoms with Crippen LogP contribution in [-0.4, -0.2) is 54.9 Å². The van der Waals surface area contributed by atoms with Crippen LogP contribution in [0, 0.1) is 0 Å². The molecule has 160 valence electrons. The zero-order valence-electron chi connectivity index (χ0n) is 17.6. The van der Waals surface area contributed by atoms with Crippen molar-refractivity contribution in [1.29, 1.82) is 0 Å². The fourth-order valence-electron chi connectivity index (χ4n) is 3.46. The third-order valence-corrected chi connectivity index (χ3v) is 5.69. The fraction of sp³-hybridized carbons (Fsp3) is 0.391. The van der Waals surface area contributed by atoms with Crippen LogP contribution in [-0.2, 0) is 9.59 Å². The standard InChI is InChI=1S/C23H28ClN3O3/c1-16(20-9-4-5-10-21(20)24)27(18-11-12-18)15-23(29)26(2)14-22(28)25-17-7-6-8-19(13-17)30-3/h4-10,13,16,18H,11-12,14-15H2,1-3H3,(H,25,28). The molecule has 0 saturated heterocycles. The van der Waals surface area contributed by atoms with E-state index in [9.17, 15) is 9.59 Å². The van der Waals surface area contributed by atoms with E-state index in [1.54, 1.807) is 38.4 Å². The van der Waals surface area contributed by atoms with Crippen LogP contribution >= 0.6 is 11.6 Å². The summed E-state index contributed by atoms with van der Waals surface area (Å²) in [7, 11) is 3.22. The number of nitrogens with one attached hydrogen (secondary N) is 1. The van der Waals surface area contributed by atoms with Crippen LogP contribution in [0.25, 0.3) is 0 Å². The van der Waals surface area contributed by atoms with Crippen LogP contribution in [0.2, 0.25) is 5.02 Å². The van der Waals surface area contributed by atoms with Gasteiger partial charge >= 0.3 is 0 Å². The van der Waals surface area contributed by atoms with E-state index in [2.05, 4.69) is 17.1 Å². The second-order valence-electron chi connectivity index (χ2n) is 7.63. The number of carbonyl (C=O) groups excluding carboxylic acids is 2. The summed E-state index contributed by atoms with van der Waals surface area (Å²) in [6, 6.07) is 15.2. The summed E-state index contributed by atoms with van der Waals surface area (Å²) in [6.45, 7) is 2.30. The van der Waals surface area contributed by atoms with Crippen molar-refractivity contribution in [2.24, 2.45) is 0 Å². The highest BCUT2D eigenvalue weighted by molar-refractivity contribution is 6.31. The molecule has 0 radical (unpaired) electrons. The number of hydrogen-bond acceptors (Lipinski definition) is 4. The highest BCUT2D eigenvalue weighted by Crippen LogP contribution is 2.36. The molecule has 1 atom stereocenters. The summed E-state index contributed by atoms with van der Waals surface area (Å²) in [5, 5.41) is 3.51. The van der Waals surface area contributed by atoms with Gasteiger partial charge in [-0.15, -0.1) is 0 Å². The smallest absolute Gasteiger partial charge is 0.243 e. The van der Waals surface area contributed by atoms with Gasteiger partial charge in [-0.25, -0.2) is 0 Å². The molecule has 1 unspecified atom stereocenters. The van der Waals surface area contributed by atoms with Gasteiger partial charge in [-0.1, -0.05) is 35.9 Å². The van der Waals surface area contributed by atoms with Crippen LogP contribution in [0.3, 0.4) is 0 Å². The van der Waals surface area contributed by atoms with Gasteiger partial charge in [0, 0.05) is 35.9 Å². The summed E-state index contributed by atoms with van der Waals surface area (Å²) in [5.41, 5.74) is 1.64. The first-order valence-corrected chi connectivity index (χ1v) is 10.4. The second kappa shape index (κ2) is 9.96. The van der Waals surface area contributed by atoms with Crippen molar-refractivity contribution in [3.8, 4) is 5.75 Å². The summed E-state index contributed by atoms with van der Waals surface area (Å²) < 4.78 is 5.16. The molecule has 3 rings (SSSR count). The number of methoxy groups -OCH3 is 1. The number of anilines is 1. The number of halogens is 1. The number of hydrogen-bond donors (Lipinski definition) is 1. The Hall–Kier alpha value is -2.57. The Balaban J connectivity index is 1.59. The van der Waals surface area contributed by atoms with Crippen LogP contribution in [0.4, 0.5) is 5.69 Å². The maximum absolute atomic E-state index is 12.8. The lowest BCUT2D eigenvalue weighted by Crippen LogP contribution is -2.43. The minimum absolute atomic E-state index is 0.0188. The van der Waals surface area contributed by atoms with Gasteiger partial charge in [0.15, 0.2) is 0 Å². The molecule has 1 fully saturated rings. The van der Waals surface area contributed by atoms with Crippen molar-refractivity contribution in [3.63, 3.8) is 0 Å². The minimum atomic E-state index is -0.253. The molecule has 0 aromatic heterocycles. The van der Waals surface area contributed by atoms with E-state index < -0.39 is 0 Å². The van der Waals surface area contributed by atoms with Crippen LogP contribution in [0.15, 0.2) is 48.5 Å². The Morgan fingerprint density at radius 1 is 1.17 bits per heavy atom. The van der Waals surface area contributed by atoms with Gasteiger partial charge in [0.2, 0.25) is 11.8 Å². The van der Waals surface area contributed by atoms with Crippen molar-refractivity contribution in [2.75, 3.05) is 32.6 Å². The van der Waals surface area contributed by atoms with Crippen molar-refractivity contribution in [3.05, 3.63) is 59.1 Å². The van der Waals surface area contributed by atoms with Crippen LogP contribution in [0.1, 0.15) is 31.4 Å². The molecular formula is C23H28ClN3O3. The molecule has 7 heteroatoms. The summed E-state index contributed by atoms with van der Waals surface area (Å²) in [5.74, 6) is 0.309. The molecule has 2 amide bonds. The van der Waals surface area contributed by atoms with Crippen molar-refractivity contribution < 1.29 is 14.3 Å². The minimum Gasteiger partial charge on any atom is -0.497 e. The first-order valence-electron chi connectivity index (χ1n) is 10.1. The number of amides is 2. The third-order valence-electron chi connectivity index (χ3n) is 5.35. The first-order chi connectivity index (χ1) is 14.4. The van der Waals surface area contributed by atoms with Gasteiger partial charge in [-0.3, -0.25) is 14.5 Å². The number of likely N-dealkylation sites (N-methyl/N-ethyl adjacent to an activating group) is 1. The molecule has 30 heavy (non-hydrogen) atoms. The van der Waals surface area contributed by atoms with E-state index in [0.717, 1.165) is 18.4 Å². The van der Waals surface area contributed by atoms with Crippen molar-refractivity contribution in [2.45, 2.75) is 31.8 Å². The summed E-state index contributed by atoms with van der Waals surface area (Å²) in [6.07, 6.45) is 2.14. The zero-order chi connectivity index (χ0) is 21.7. The third kappa shape index (κ3) is 5.74. The van der Waals surface area contributed by atoms with Gasteiger partial charge in [-0.05, 0) is 43.5 Å². The highest BCUT2D eigenvalue weighted by atomic mass is 35.5.